The van der Waals surface area contributed by atoms with Crippen LogP contribution in [-0.4, -0.2) is 81.3 Å². The average Bonchev–Trinajstić information content (AvgIpc) is 3.51. The number of benzene rings is 1. The van der Waals surface area contributed by atoms with Crippen molar-refractivity contribution < 1.29 is 42.9 Å². The molecule has 6 rings (SSSR count). The molecule has 1 aromatic heterocycles. The van der Waals surface area contributed by atoms with E-state index in [1.54, 1.807) is 13.3 Å². The zero-order valence-electron chi connectivity index (χ0n) is 29.4. The number of carbonyl (C=O) groups excluding carboxylic acids is 3. The molecule has 0 spiro atoms. The van der Waals surface area contributed by atoms with Crippen molar-refractivity contribution in [3.63, 3.8) is 0 Å². The number of nitrogens with zero attached hydrogens (tertiary/aromatic N) is 2. The number of aromatic nitrogens is 1. The smallest absolute Gasteiger partial charge is 0.407 e. The Kier molecular flexibility index (Phi) is 10.4. The van der Waals surface area contributed by atoms with Crippen molar-refractivity contribution in [2.24, 2.45) is 17.3 Å². The van der Waals surface area contributed by atoms with Crippen LogP contribution in [0.15, 0.2) is 37.1 Å². The zero-order valence-corrected chi connectivity index (χ0v) is 30.2. The molecular weight excluding hydrogens is 675 g/mol. The maximum atomic E-state index is 14.6. The van der Waals surface area contributed by atoms with Gasteiger partial charge in [0, 0.05) is 18.0 Å². The van der Waals surface area contributed by atoms with Crippen molar-refractivity contribution in [3.8, 4) is 23.5 Å². The molecule has 1 saturated heterocycles. The minimum absolute atomic E-state index is 0.00189. The monoisotopic (exact) mass is 722 g/mol. The average molecular weight is 723 g/mol. The molecule has 2 aromatic rings. The van der Waals surface area contributed by atoms with Crippen LogP contribution in [0.1, 0.15) is 70.8 Å². The molecule has 3 amide bonds. The summed E-state index contributed by atoms with van der Waals surface area (Å²) in [7, 11) is -3.38. The van der Waals surface area contributed by atoms with Crippen LogP contribution >= 0.6 is 7.60 Å². The van der Waals surface area contributed by atoms with Crippen molar-refractivity contribution in [3.05, 3.63) is 42.6 Å². The molecule has 4 bridgehead atoms. The Bertz CT molecular complexity index is 1810. The first-order valence-electron chi connectivity index (χ1n) is 17.6. The fraction of sp³-hybridized carbons (Fsp3) is 0.568. The van der Waals surface area contributed by atoms with E-state index >= 15 is 0 Å². The van der Waals surface area contributed by atoms with Gasteiger partial charge in [-0.2, -0.15) is 0 Å². The molecule has 13 nitrogen and oxygen atoms in total. The minimum atomic E-state index is -5.01. The van der Waals surface area contributed by atoms with Gasteiger partial charge in [0.2, 0.25) is 23.0 Å². The number of rotatable bonds is 6. The second-order valence-electron chi connectivity index (χ2n) is 14.9. The van der Waals surface area contributed by atoms with Gasteiger partial charge in [-0.3, -0.25) is 14.2 Å². The van der Waals surface area contributed by atoms with Crippen LogP contribution in [0.5, 0.6) is 11.6 Å². The van der Waals surface area contributed by atoms with Crippen molar-refractivity contribution in [2.45, 2.75) is 95.1 Å². The van der Waals surface area contributed by atoms with Gasteiger partial charge in [-0.25, -0.2) is 9.78 Å². The van der Waals surface area contributed by atoms with Gasteiger partial charge in [0.15, 0.2) is 0 Å². The summed E-state index contributed by atoms with van der Waals surface area (Å²) in [4.78, 5) is 68.7. The van der Waals surface area contributed by atoms with Gasteiger partial charge in [0.05, 0.1) is 26.2 Å². The molecule has 3 heterocycles. The number of cyclic esters (lactones) is 1. The number of carbonyl (C=O) groups is 3. The van der Waals surface area contributed by atoms with Crippen LogP contribution < -0.4 is 20.1 Å². The van der Waals surface area contributed by atoms with E-state index in [9.17, 15) is 28.7 Å². The lowest BCUT2D eigenvalue weighted by Gasteiger charge is -2.40. The number of ether oxygens (including phenoxy) is 3. The van der Waals surface area contributed by atoms with E-state index in [2.05, 4.69) is 34.0 Å². The van der Waals surface area contributed by atoms with Gasteiger partial charge < -0.3 is 39.5 Å². The van der Waals surface area contributed by atoms with Crippen LogP contribution in [0.2, 0.25) is 0 Å². The lowest BCUT2D eigenvalue weighted by Crippen LogP contribution is -2.61. The first-order valence-corrected chi connectivity index (χ1v) is 19.3. The van der Waals surface area contributed by atoms with E-state index in [4.69, 9.17) is 14.2 Å². The molecular formula is C37H47N4O9P. The van der Waals surface area contributed by atoms with Crippen LogP contribution in [0.4, 0.5) is 4.79 Å². The number of pyridine rings is 1. The molecule has 0 unspecified atom stereocenters. The number of hydrogen-bond donors (Lipinski definition) is 4. The number of hydrogen-bond acceptors (Lipinski definition) is 8. The Hall–Kier alpha value is -4.11. The van der Waals surface area contributed by atoms with E-state index in [1.807, 2.05) is 32.0 Å². The summed E-state index contributed by atoms with van der Waals surface area (Å²) >= 11 is 0. The third-order valence-corrected chi connectivity index (χ3v) is 12.1. The molecule has 4 N–H and O–H groups in total. The van der Waals surface area contributed by atoms with Crippen LogP contribution in [-0.2, 0) is 25.3 Å². The molecule has 2 aliphatic carbocycles. The normalized spacial score (nSPS) is 28.5. The molecule has 2 fully saturated rings. The lowest BCUT2D eigenvalue weighted by molar-refractivity contribution is -0.141. The zero-order chi connectivity index (χ0) is 36.6. The number of methoxy groups -OCH3 is 1. The van der Waals surface area contributed by atoms with Crippen LogP contribution in [0, 0.1) is 29.1 Å². The van der Waals surface area contributed by atoms with Gasteiger partial charge >= 0.3 is 13.7 Å². The molecule has 4 aliphatic rings. The van der Waals surface area contributed by atoms with Gasteiger partial charge in [-0.15, -0.1) is 6.58 Å². The summed E-state index contributed by atoms with van der Waals surface area (Å²) in [6, 6.07) is 3.60. The molecule has 1 aromatic carbocycles. The number of nitrogens with one attached hydrogen (secondary N) is 2. The Morgan fingerprint density at radius 1 is 1.22 bits per heavy atom. The van der Waals surface area contributed by atoms with E-state index in [0.29, 0.717) is 25.1 Å². The first-order chi connectivity index (χ1) is 24.2. The number of fused-ring (bicyclic) bond motifs is 3. The van der Waals surface area contributed by atoms with Crippen molar-refractivity contribution in [1.82, 2.24) is 20.5 Å². The summed E-state index contributed by atoms with van der Waals surface area (Å²) in [5, 5.41) is 4.77. The topological polar surface area (TPSA) is 177 Å². The van der Waals surface area contributed by atoms with Gasteiger partial charge in [0.25, 0.3) is 0 Å². The molecule has 51 heavy (non-hydrogen) atoms. The highest BCUT2D eigenvalue weighted by molar-refractivity contribution is 7.54. The highest BCUT2D eigenvalue weighted by Gasteiger charge is 2.57. The molecule has 274 valence electrons. The number of aryl methyl sites for hydroxylation is 1. The fourth-order valence-corrected chi connectivity index (χ4v) is 8.74. The van der Waals surface area contributed by atoms with Gasteiger partial charge in [0.1, 0.15) is 23.9 Å². The van der Waals surface area contributed by atoms with Crippen LogP contribution in [0.25, 0.3) is 10.8 Å². The summed E-state index contributed by atoms with van der Waals surface area (Å²) < 4.78 is 30.7. The van der Waals surface area contributed by atoms with E-state index in [-0.39, 0.29) is 30.9 Å². The SMILES string of the molecule is C=C[C@@H]1C#C[C@]1(NC(=O)[C@@H]1C[C@@H]2CN1C(=O)[C@H](C1CCCCC1)NC(=O)OCC(C)(C)CCCc1cc3c(nccc3cc1OC)O2)P(=O)(O)O. The van der Waals surface area contributed by atoms with Crippen molar-refractivity contribution >= 4 is 36.3 Å². The fourth-order valence-electron chi connectivity index (χ4n) is 7.75. The summed E-state index contributed by atoms with van der Waals surface area (Å²) in [6.07, 6.45) is 7.90. The highest BCUT2D eigenvalue weighted by atomic mass is 31.2. The third-order valence-electron chi connectivity index (χ3n) is 10.7. The Labute approximate surface area is 298 Å². The summed E-state index contributed by atoms with van der Waals surface area (Å²) in [5.41, 5.74) is 0.594. The summed E-state index contributed by atoms with van der Waals surface area (Å²) in [5.74, 6) is 3.69. The highest BCUT2D eigenvalue weighted by Crippen LogP contribution is 2.56. The second kappa shape index (κ2) is 14.5. The second-order valence-corrected chi connectivity index (χ2v) is 16.7. The van der Waals surface area contributed by atoms with E-state index in [0.717, 1.165) is 54.2 Å². The molecule has 5 atom stereocenters. The number of alkyl carbamates (subject to hydrolysis) is 1. The first kappa shape index (κ1) is 36.7. The third kappa shape index (κ3) is 7.46. The van der Waals surface area contributed by atoms with Gasteiger partial charge in [-0.1, -0.05) is 51.0 Å². The Balaban J connectivity index is 1.40. The molecule has 2 aliphatic heterocycles. The molecule has 0 radical (unpaired) electrons. The molecule has 14 heteroatoms. The van der Waals surface area contributed by atoms with Crippen LogP contribution in [0.3, 0.4) is 0 Å². The quantitative estimate of drug-likeness (QED) is 0.190. The lowest BCUT2D eigenvalue weighted by atomic mass is 9.83. The predicted molar refractivity (Wildman–Crippen MR) is 189 cm³/mol. The van der Waals surface area contributed by atoms with Crippen molar-refractivity contribution in [2.75, 3.05) is 20.3 Å². The number of amides is 3. The maximum Gasteiger partial charge on any atom is 0.407 e. The van der Waals surface area contributed by atoms with E-state index < -0.39 is 54.9 Å². The van der Waals surface area contributed by atoms with E-state index in [1.165, 1.54) is 11.0 Å². The summed E-state index contributed by atoms with van der Waals surface area (Å²) in [6.45, 7) is 7.78. The Morgan fingerprint density at radius 2 is 1.98 bits per heavy atom. The van der Waals surface area contributed by atoms with Gasteiger partial charge in [-0.05, 0) is 72.6 Å². The van der Waals surface area contributed by atoms with Crippen molar-refractivity contribution in [1.29, 1.82) is 0 Å². The largest absolute Gasteiger partial charge is 0.496 e. The Morgan fingerprint density at radius 3 is 2.65 bits per heavy atom. The minimum Gasteiger partial charge on any atom is -0.496 e. The maximum absolute atomic E-state index is 14.6. The molecule has 1 saturated carbocycles. The standard InChI is InChI=1S/C37H47N4O9P/c1-5-26-13-16-37(26,51(45,46)47)40-32(42)29-20-27-21-41(29)34(43)31(23-10-7-6-8-11-23)39-35(44)49-22-36(2,3)15-9-12-25-18-28-24(19-30(25)48-4)14-17-38-33(28)50-27/h5,14,17-19,23,26-27,29,31H,1,6-12,15,20-22H2,2-4H3,(H,39,44)(H,40,42)(H2,45,46,47)/t26-,27-,29+,31+,37+/m1/s1. The predicted octanol–water partition coefficient (Wildman–Crippen LogP) is 4.44.